The molecular weight excluding hydrogens is 146 g/mol. The molecule has 0 bridgehead atoms. The Balaban J connectivity index is 1.80. The van der Waals surface area contributed by atoms with Gasteiger partial charge in [-0.05, 0) is 24.7 Å². The maximum absolute atomic E-state index is 6.11. The summed E-state index contributed by atoms with van der Waals surface area (Å²) in [5, 5.41) is 0. The summed E-state index contributed by atoms with van der Waals surface area (Å²) in [6.07, 6.45) is 11.4. The molecule has 2 fully saturated rings. The molecule has 0 amide bonds. The molecule has 1 heteroatoms. The predicted octanol–water partition coefficient (Wildman–Crippen LogP) is 2.69. The van der Waals surface area contributed by atoms with Gasteiger partial charge < -0.3 is 5.73 Å². The molecule has 0 spiro atoms. The summed E-state index contributed by atoms with van der Waals surface area (Å²) in [5.74, 6) is 1.95. The van der Waals surface area contributed by atoms with E-state index >= 15 is 0 Å². The first-order valence-electron chi connectivity index (χ1n) is 5.63. The first-order chi connectivity index (χ1) is 5.88. The number of hydrogen-bond donors (Lipinski definition) is 1. The summed E-state index contributed by atoms with van der Waals surface area (Å²) in [4.78, 5) is 0. The Morgan fingerprint density at radius 2 is 1.50 bits per heavy atom. The lowest BCUT2D eigenvalue weighted by Crippen LogP contribution is -2.23. The van der Waals surface area contributed by atoms with Crippen molar-refractivity contribution in [3.05, 3.63) is 0 Å². The van der Waals surface area contributed by atoms with Crippen molar-refractivity contribution in [3.8, 4) is 0 Å². The van der Waals surface area contributed by atoms with Crippen molar-refractivity contribution >= 4 is 0 Å². The zero-order chi connectivity index (χ0) is 8.39. The molecule has 2 saturated carbocycles. The van der Waals surface area contributed by atoms with Crippen LogP contribution in [0.2, 0.25) is 0 Å². The van der Waals surface area contributed by atoms with Gasteiger partial charge in [0.15, 0.2) is 0 Å². The maximum Gasteiger partial charge on any atom is 0.00699 e. The average Bonchev–Trinajstić information content (AvgIpc) is 2.82. The molecule has 0 aromatic heterocycles. The highest BCUT2D eigenvalue weighted by atomic mass is 14.7. The molecule has 3 atom stereocenters. The van der Waals surface area contributed by atoms with Gasteiger partial charge in [0.2, 0.25) is 0 Å². The van der Waals surface area contributed by atoms with Crippen LogP contribution >= 0.6 is 0 Å². The third-order valence-electron chi connectivity index (χ3n) is 3.64. The Morgan fingerprint density at radius 1 is 0.833 bits per heavy atom. The van der Waals surface area contributed by atoms with Crippen LogP contribution in [0.15, 0.2) is 0 Å². The largest absolute Gasteiger partial charge is 0.327 e. The van der Waals surface area contributed by atoms with E-state index in [1.807, 2.05) is 0 Å². The number of rotatable bonds is 0. The molecular formula is C11H21N. The molecule has 0 heterocycles. The van der Waals surface area contributed by atoms with E-state index in [0.29, 0.717) is 6.04 Å². The van der Waals surface area contributed by atoms with E-state index in [-0.39, 0.29) is 0 Å². The summed E-state index contributed by atoms with van der Waals surface area (Å²) in [7, 11) is 0. The normalized spacial score (nSPS) is 43.2. The molecule has 2 rings (SSSR count). The van der Waals surface area contributed by atoms with E-state index in [0.717, 1.165) is 11.8 Å². The first kappa shape index (κ1) is 8.55. The minimum atomic E-state index is 0.549. The van der Waals surface area contributed by atoms with Crippen LogP contribution in [0.25, 0.3) is 0 Å². The van der Waals surface area contributed by atoms with Crippen molar-refractivity contribution in [2.24, 2.45) is 17.6 Å². The maximum atomic E-state index is 6.11. The SMILES string of the molecule is NC1CCCCCCCC2CC12. The topological polar surface area (TPSA) is 26.0 Å². The highest BCUT2D eigenvalue weighted by Crippen LogP contribution is 2.45. The van der Waals surface area contributed by atoms with Crippen molar-refractivity contribution in [3.63, 3.8) is 0 Å². The van der Waals surface area contributed by atoms with Gasteiger partial charge in [-0.2, -0.15) is 0 Å². The van der Waals surface area contributed by atoms with Crippen LogP contribution < -0.4 is 5.73 Å². The van der Waals surface area contributed by atoms with Crippen LogP contribution in [-0.4, -0.2) is 6.04 Å². The van der Waals surface area contributed by atoms with Crippen LogP contribution in [0.5, 0.6) is 0 Å². The third kappa shape index (κ3) is 2.01. The summed E-state index contributed by atoms with van der Waals surface area (Å²) < 4.78 is 0. The summed E-state index contributed by atoms with van der Waals surface area (Å²) in [6, 6.07) is 0.549. The van der Waals surface area contributed by atoms with Gasteiger partial charge in [-0.1, -0.05) is 38.5 Å². The molecule has 2 aliphatic carbocycles. The Bertz CT molecular complexity index is 144. The van der Waals surface area contributed by atoms with Crippen LogP contribution in [-0.2, 0) is 0 Å². The number of nitrogens with two attached hydrogens (primary N) is 1. The van der Waals surface area contributed by atoms with Gasteiger partial charge in [-0.25, -0.2) is 0 Å². The van der Waals surface area contributed by atoms with Gasteiger partial charge in [-0.3, -0.25) is 0 Å². The lowest BCUT2D eigenvalue weighted by atomic mass is 9.98. The monoisotopic (exact) mass is 167 g/mol. The Hall–Kier alpha value is -0.0400. The van der Waals surface area contributed by atoms with E-state index in [1.165, 1.54) is 51.4 Å². The van der Waals surface area contributed by atoms with Crippen molar-refractivity contribution in [2.45, 2.75) is 57.4 Å². The fraction of sp³-hybridized carbons (Fsp3) is 1.00. The molecule has 2 aliphatic rings. The molecule has 1 nitrogen and oxygen atoms in total. The standard InChI is InChI=1S/C11H21N/c12-11-7-5-3-1-2-4-6-9-8-10(9)11/h9-11H,1-8,12H2. The third-order valence-corrected chi connectivity index (χ3v) is 3.64. The molecule has 0 radical (unpaired) electrons. The highest BCUT2D eigenvalue weighted by molar-refractivity contribution is 4.93. The van der Waals surface area contributed by atoms with Crippen LogP contribution in [0.4, 0.5) is 0 Å². The first-order valence-corrected chi connectivity index (χ1v) is 5.63. The molecule has 2 N–H and O–H groups in total. The van der Waals surface area contributed by atoms with Gasteiger partial charge in [0.05, 0.1) is 0 Å². The van der Waals surface area contributed by atoms with Crippen molar-refractivity contribution in [2.75, 3.05) is 0 Å². The van der Waals surface area contributed by atoms with Crippen LogP contribution in [0.3, 0.4) is 0 Å². The van der Waals surface area contributed by atoms with Gasteiger partial charge in [0, 0.05) is 6.04 Å². The van der Waals surface area contributed by atoms with Gasteiger partial charge in [0.25, 0.3) is 0 Å². The molecule has 12 heavy (non-hydrogen) atoms. The van der Waals surface area contributed by atoms with Gasteiger partial charge in [0.1, 0.15) is 0 Å². The minimum Gasteiger partial charge on any atom is -0.327 e. The van der Waals surface area contributed by atoms with Crippen molar-refractivity contribution in [1.29, 1.82) is 0 Å². The summed E-state index contributed by atoms with van der Waals surface area (Å²) in [5.41, 5.74) is 6.11. The van der Waals surface area contributed by atoms with E-state index in [4.69, 9.17) is 5.73 Å². The lowest BCUT2D eigenvalue weighted by molar-refractivity contribution is 0.443. The number of fused-ring (bicyclic) bond motifs is 1. The molecule has 3 unspecified atom stereocenters. The van der Waals surface area contributed by atoms with Crippen LogP contribution in [0.1, 0.15) is 51.4 Å². The van der Waals surface area contributed by atoms with Gasteiger partial charge in [-0.15, -0.1) is 0 Å². The Labute approximate surface area is 75.7 Å². The fourth-order valence-electron chi connectivity index (χ4n) is 2.66. The molecule has 0 aliphatic heterocycles. The van der Waals surface area contributed by atoms with E-state index < -0.39 is 0 Å². The second-order valence-corrected chi connectivity index (χ2v) is 4.67. The second kappa shape index (κ2) is 3.78. The zero-order valence-corrected chi connectivity index (χ0v) is 7.97. The van der Waals surface area contributed by atoms with E-state index in [1.54, 1.807) is 0 Å². The lowest BCUT2D eigenvalue weighted by Gasteiger charge is -2.13. The summed E-state index contributed by atoms with van der Waals surface area (Å²) in [6.45, 7) is 0. The van der Waals surface area contributed by atoms with E-state index in [9.17, 15) is 0 Å². The minimum absolute atomic E-state index is 0.549. The number of hydrogen-bond acceptors (Lipinski definition) is 1. The quantitative estimate of drug-likeness (QED) is 0.590. The fourth-order valence-corrected chi connectivity index (χ4v) is 2.66. The van der Waals surface area contributed by atoms with Gasteiger partial charge >= 0.3 is 0 Å². The van der Waals surface area contributed by atoms with Crippen molar-refractivity contribution < 1.29 is 0 Å². The highest BCUT2D eigenvalue weighted by Gasteiger charge is 2.40. The summed E-state index contributed by atoms with van der Waals surface area (Å²) >= 11 is 0. The molecule has 0 aromatic rings. The molecule has 0 aromatic carbocycles. The van der Waals surface area contributed by atoms with Crippen molar-refractivity contribution in [1.82, 2.24) is 0 Å². The average molecular weight is 167 g/mol. The second-order valence-electron chi connectivity index (χ2n) is 4.67. The zero-order valence-electron chi connectivity index (χ0n) is 7.97. The molecule has 70 valence electrons. The molecule has 0 saturated heterocycles. The van der Waals surface area contributed by atoms with Crippen LogP contribution in [0, 0.1) is 11.8 Å². The predicted molar refractivity (Wildman–Crippen MR) is 51.9 cm³/mol. The Kier molecular flexibility index (Phi) is 2.69. The Morgan fingerprint density at radius 3 is 2.33 bits per heavy atom. The smallest absolute Gasteiger partial charge is 0.00699 e. The van der Waals surface area contributed by atoms with E-state index in [2.05, 4.69) is 0 Å².